The van der Waals surface area contributed by atoms with Crippen LogP contribution in [-0.4, -0.2) is 34.0 Å². The van der Waals surface area contributed by atoms with Crippen LogP contribution in [-0.2, 0) is 17.8 Å². The average Bonchev–Trinajstić information content (AvgIpc) is 2.97. The van der Waals surface area contributed by atoms with E-state index < -0.39 is 0 Å². The molecule has 4 heteroatoms. The third-order valence-corrected chi connectivity index (χ3v) is 6.31. The molecule has 1 N–H and O–H groups in total. The van der Waals surface area contributed by atoms with Gasteiger partial charge < -0.3 is 4.79 Å². The second kappa shape index (κ2) is 15.8. The number of hydrogen-bond donors (Lipinski definition) is 1. The number of nitrogens with zero attached hydrogens (tertiary/aromatic N) is 2. The Bertz CT molecular complexity index is 755. The second-order valence-corrected chi connectivity index (χ2v) is 9.31. The number of carbonyl (C=O) groups excluding carboxylic acids is 1. The summed E-state index contributed by atoms with van der Waals surface area (Å²) >= 11 is 0. The summed E-state index contributed by atoms with van der Waals surface area (Å²) in [5, 5.41) is 7.45. The molecule has 0 radical (unpaired) electrons. The molecular formula is C28H47N3O. The van der Waals surface area contributed by atoms with E-state index in [9.17, 15) is 4.79 Å². The smallest absolute Gasteiger partial charge is 0.119 e. The summed E-state index contributed by atoms with van der Waals surface area (Å²) in [6.07, 6.45) is 17.3. The number of nitrogens with one attached hydrogen (secondary N) is 1. The molecule has 1 aromatic rings. The molecule has 1 aliphatic rings. The fourth-order valence-corrected chi connectivity index (χ4v) is 4.09. The Morgan fingerprint density at radius 3 is 2.59 bits per heavy atom. The highest BCUT2D eigenvalue weighted by atomic mass is 16.1. The standard InChI is InChI=1S/C17H28O.C11H19N3/c1-5-7-11-15(3)16(4)14-17(10-6-2)12-8-9-13-18;1-8(2)14-6-4-5-11-10(7-14)9(3)12-13-11/h5,7,11,13-14,17H,6,8-10,12H2,1-4H3;8H,4-7H2,1-3H3,(H,12,13)/b7-5-,15-11-,16-14+;. The van der Waals surface area contributed by atoms with Crippen LogP contribution in [0.2, 0.25) is 0 Å². The number of hydrogen-bond acceptors (Lipinski definition) is 3. The van der Waals surface area contributed by atoms with E-state index in [1.54, 1.807) is 0 Å². The van der Waals surface area contributed by atoms with E-state index >= 15 is 0 Å². The summed E-state index contributed by atoms with van der Waals surface area (Å²) in [5.74, 6) is 0.615. The lowest BCUT2D eigenvalue weighted by Crippen LogP contribution is -2.30. The van der Waals surface area contributed by atoms with Crippen LogP contribution in [0.25, 0.3) is 0 Å². The number of allylic oxidation sites excluding steroid dienone is 6. The van der Waals surface area contributed by atoms with Crippen LogP contribution in [0, 0.1) is 12.8 Å². The van der Waals surface area contributed by atoms with E-state index in [0.717, 1.165) is 32.1 Å². The van der Waals surface area contributed by atoms with E-state index in [1.807, 2.05) is 13.0 Å². The van der Waals surface area contributed by atoms with E-state index in [2.05, 4.69) is 74.9 Å². The Morgan fingerprint density at radius 1 is 1.22 bits per heavy atom. The molecule has 1 atom stereocenters. The third-order valence-electron chi connectivity index (χ3n) is 6.31. The minimum atomic E-state index is 0.615. The van der Waals surface area contributed by atoms with Gasteiger partial charge in [0, 0.05) is 30.3 Å². The molecule has 0 saturated heterocycles. The van der Waals surface area contributed by atoms with E-state index in [4.69, 9.17) is 0 Å². The Labute approximate surface area is 197 Å². The highest BCUT2D eigenvalue weighted by Crippen LogP contribution is 2.21. The second-order valence-electron chi connectivity index (χ2n) is 9.31. The van der Waals surface area contributed by atoms with Crippen molar-refractivity contribution in [3.05, 3.63) is 52.4 Å². The number of aromatic nitrogens is 2. The number of fused-ring (bicyclic) bond motifs is 1. The van der Waals surface area contributed by atoms with Crippen molar-refractivity contribution in [2.45, 2.75) is 106 Å². The van der Waals surface area contributed by atoms with Gasteiger partial charge in [0.15, 0.2) is 0 Å². The fourth-order valence-electron chi connectivity index (χ4n) is 4.09. The maximum Gasteiger partial charge on any atom is 0.119 e. The van der Waals surface area contributed by atoms with Crippen LogP contribution in [0.4, 0.5) is 0 Å². The van der Waals surface area contributed by atoms with Gasteiger partial charge in [-0.15, -0.1) is 0 Å². The summed E-state index contributed by atoms with van der Waals surface area (Å²) in [7, 11) is 0. The molecule has 2 heterocycles. The first-order chi connectivity index (χ1) is 15.3. The average molecular weight is 442 g/mol. The number of aromatic amines is 1. The Balaban J connectivity index is 0.000000328. The molecular weight excluding hydrogens is 394 g/mol. The summed E-state index contributed by atoms with van der Waals surface area (Å²) in [5.41, 5.74) is 6.64. The van der Waals surface area contributed by atoms with Gasteiger partial charge in [0.1, 0.15) is 6.29 Å². The summed E-state index contributed by atoms with van der Waals surface area (Å²) in [4.78, 5) is 12.9. The molecule has 0 bridgehead atoms. The van der Waals surface area contributed by atoms with Crippen LogP contribution in [0.15, 0.2) is 35.5 Å². The van der Waals surface area contributed by atoms with Crippen molar-refractivity contribution in [2.24, 2.45) is 5.92 Å². The maximum absolute atomic E-state index is 10.4. The normalized spacial score (nSPS) is 16.5. The molecule has 32 heavy (non-hydrogen) atoms. The van der Waals surface area contributed by atoms with Gasteiger partial charge in [-0.1, -0.05) is 43.2 Å². The lowest BCUT2D eigenvalue weighted by molar-refractivity contribution is -0.107. The highest BCUT2D eigenvalue weighted by molar-refractivity contribution is 5.49. The number of rotatable bonds is 10. The lowest BCUT2D eigenvalue weighted by atomic mass is 9.93. The van der Waals surface area contributed by atoms with Crippen molar-refractivity contribution >= 4 is 6.29 Å². The highest BCUT2D eigenvalue weighted by Gasteiger charge is 2.19. The Morgan fingerprint density at radius 2 is 1.97 bits per heavy atom. The molecule has 180 valence electrons. The van der Waals surface area contributed by atoms with Crippen molar-refractivity contribution < 1.29 is 4.79 Å². The molecule has 0 aromatic carbocycles. The minimum absolute atomic E-state index is 0.615. The van der Waals surface area contributed by atoms with Gasteiger partial charge in [-0.05, 0) is 91.7 Å². The van der Waals surface area contributed by atoms with Crippen molar-refractivity contribution in [1.29, 1.82) is 0 Å². The van der Waals surface area contributed by atoms with Gasteiger partial charge >= 0.3 is 0 Å². The molecule has 2 rings (SSSR count). The summed E-state index contributed by atoms with van der Waals surface area (Å²) < 4.78 is 0. The van der Waals surface area contributed by atoms with Gasteiger partial charge in [0.05, 0.1) is 5.69 Å². The number of aryl methyl sites for hydroxylation is 2. The number of unbranched alkanes of at least 4 members (excludes halogenated alkanes) is 1. The monoisotopic (exact) mass is 441 g/mol. The summed E-state index contributed by atoms with van der Waals surface area (Å²) in [6.45, 7) is 17.5. The predicted octanol–water partition coefficient (Wildman–Crippen LogP) is 7.12. The van der Waals surface area contributed by atoms with E-state index in [0.29, 0.717) is 18.4 Å². The zero-order chi connectivity index (χ0) is 23.9. The number of H-pyrrole nitrogens is 1. The largest absolute Gasteiger partial charge is 0.303 e. The summed E-state index contributed by atoms with van der Waals surface area (Å²) in [6, 6.07) is 0.634. The third kappa shape index (κ3) is 10.1. The Kier molecular flexibility index (Phi) is 13.9. The van der Waals surface area contributed by atoms with Gasteiger partial charge in [0.25, 0.3) is 0 Å². The van der Waals surface area contributed by atoms with Crippen LogP contribution in [0.5, 0.6) is 0 Å². The van der Waals surface area contributed by atoms with Crippen LogP contribution in [0.1, 0.15) is 97.0 Å². The molecule has 0 aliphatic carbocycles. The van der Waals surface area contributed by atoms with E-state index in [-0.39, 0.29) is 0 Å². The molecule has 0 spiro atoms. The molecule has 1 aliphatic heterocycles. The van der Waals surface area contributed by atoms with Gasteiger partial charge in [-0.3, -0.25) is 10.00 Å². The van der Waals surface area contributed by atoms with E-state index in [1.165, 1.54) is 53.9 Å². The zero-order valence-corrected chi connectivity index (χ0v) is 21.7. The van der Waals surface area contributed by atoms with Crippen molar-refractivity contribution in [3.63, 3.8) is 0 Å². The molecule has 0 fully saturated rings. The van der Waals surface area contributed by atoms with Crippen molar-refractivity contribution in [3.8, 4) is 0 Å². The molecule has 0 amide bonds. The van der Waals surface area contributed by atoms with Gasteiger partial charge in [0.2, 0.25) is 0 Å². The SMILES string of the molecule is C\C=C/C=C(C)\C(C)=C\C(CCC)CCCC=O.Cc1[nH]nc2c1CN(C(C)C)CCC2. The van der Waals surface area contributed by atoms with Gasteiger partial charge in [-0.25, -0.2) is 0 Å². The predicted molar refractivity (Wildman–Crippen MR) is 138 cm³/mol. The first-order valence-electron chi connectivity index (χ1n) is 12.5. The molecule has 1 unspecified atom stereocenters. The quantitative estimate of drug-likeness (QED) is 0.239. The molecule has 0 saturated carbocycles. The molecule has 4 nitrogen and oxygen atoms in total. The van der Waals surface area contributed by atoms with Crippen LogP contribution < -0.4 is 0 Å². The van der Waals surface area contributed by atoms with Crippen molar-refractivity contribution in [1.82, 2.24) is 15.1 Å². The van der Waals surface area contributed by atoms with Crippen molar-refractivity contribution in [2.75, 3.05) is 6.54 Å². The van der Waals surface area contributed by atoms with Crippen LogP contribution >= 0.6 is 0 Å². The maximum atomic E-state index is 10.4. The number of aldehydes is 1. The topological polar surface area (TPSA) is 49.0 Å². The fraction of sp³-hybridized carbons (Fsp3) is 0.643. The first kappa shape index (κ1) is 28.1. The zero-order valence-electron chi connectivity index (χ0n) is 21.7. The van der Waals surface area contributed by atoms with Gasteiger partial charge in [-0.2, -0.15) is 5.10 Å². The minimum Gasteiger partial charge on any atom is -0.303 e. The Hall–Kier alpha value is -1.94. The lowest BCUT2D eigenvalue weighted by Gasteiger charge is -2.24. The molecule has 1 aromatic heterocycles. The number of carbonyl (C=O) groups is 1. The van der Waals surface area contributed by atoms with Crippen LogP contribution in [0.3, 0.4) is 0 Å². The first-order valence-corrected chi connectivity index (χ1v) is 12.5.